The van der Waals surface area contributed by atoms with Crippen LogP contribution in [0.25, 0.3) is 0 Å². The van der Waals surface area contributed by atoms with E-state index < -0.39 is 0 Å². The van der Waals surface area contributed by atoms with Gasteiger partial charge in [-0.05, 0) is 64.2 Å². The maximum Gasteiger partial charge on any atom is 0.222 e. The van der Waals surface area contributed by atoms with Crippen molar-refractivity contribution in [3.8, 4) is 0 Å². The van der Waals surface area contributed by atoms with Gasteiger partial charge in [0.05, 0.1) is 12.4 Å². The Morgan fingerprint density at radius 2 is 1.18 bits per heavy atom. The van der Waals surface area contributed by atoms with Crippen molar-refractivity contribution >= 4 is 5.91 Å². The maximum atomic E-state index is 12.9. The summed E-state index contributed by atoms with van der Waals surface area (Å²) in [4.78, 5) is 20.4. The van der Waals surface area contributed by atoms with Crippen molar-refractivity contribution < 1.29 is 9.53 Å². The Labute approximate surface area is 282 Å². The number of ether oxygens (including phenoxy) is 1. The number of rotatable bonds is 32. The van der Waals surface area contributed by atoms with Gasteiger partial charge in [-0.3, -0.25) is 9.69 Å². The molecule has 0 aromatic carbocycles. The van der Waals surface area contributed by atoms with Crippen molar-refractivity contribution in [3.05, 3.63) is 12.3 Å². The van der Waals surface area contributed by atoms with Gasteiger partial charge < -0.3 is 14.5 Å². The van der Waals surface area contributed by atoms with Crippen LogP contribution in [0.3, 0.4) is 0 Å². The van der Waals surface area contributed by atoms with Crippen molar-refractivity contribution in [3.63, 3.8) is 0 Å². The third-order valence-electron chi connectivity index (χ3n) is 9.81. The van der Waals surface area contributed by atoms with E-state index in [1.54, 1.807) is 0 Å². The highest BCUT2D eigenvalue weighted by molar-refractivity contribution is 5.76. The third-order valence-corrected chi connectivity index (χ3v) is 9.81. The van der Waals surface area contributed by atoms with Crippen LogP contribution in [0.15, 0.2) is 12.3 Å². The predicted molar refractivity (Wildman–Crippen MR) is 197 cm³/mol. The zero-order valence-corrected chi connectivity index (χ0v) is 31.1. The van der Waals surface area contributed by atoms with Gasteiger partial charge in [0.15, 0.2) is 0 Å². The Kier molecular flexibility index (Phi) is 28.2. The molecule has 1 fully saturated rings. The quantitative estimate of drug-likeness (QED) is 0.0545. The van der Waals surface area contributed by atoms with Crippen molar-refractivity contribution in [1.29, 1.82) is 0 Å². The number of piperazine rings is 1. The number of hydrogen-bond acceptors (Lipinski definition) is 4. The summed E-state index contributed by atoms with van der Waals surface area (Å²) >= 11 is 0. The number of unbranched alkanes of at least 4 members (excludes halogenated alkanes) is 15. The topological polar surface area (TPSA) is 36.0 Å². The van der Waals surface area contributed by atoms with E-state index in [2.05, 4.69) is 49.0 Å². The molecule has 1 heterocycles. The lowest BCUT2D eigenvalue weighted by molar-refractivity contribution is -0.133. The molecule has 0 aliphatic carbocycles. The summed E-state index contributed by atoms with van der Waals surface area (Å²) in [5, 5.41) is 0. The van der Waals surface area contributed by atoms with Gasteiger partial charge >= 0.3 is 0 Å². The first kappa shape index (κ1) is 42.0. The van der Waals surface area contributed by atoms with E-state index in [1.165, 1.54) is 142 Å². The summed E-state index contributed by atoms with van der Waals surface area (Å²) < 4.78 is 5.87. The average Bonchev–Trinajstić information content (AvgIpc) is 3.04. The minimum absolute atomic E-state index is 0.389. The summed E-state index contributed by atoms with van der Waals surface area (Å²) in [7, 11) is 0. The van der Waals surface area contributed by atoms with Crippen LogP contribution < -0.4 is 0 Å². The van der Waals surface area contributed by atoms with Crippen LogP contribution in [0.1, 0.15) is 175 Å². The molecule has 1 aliphatic heterocycles. The molecule has 0 spiro atoms. The van der Waals surface area contributed by atoms with E-state index in [1.807, 2.05) is 0 Å². The normalized spacial score (nSPS) is 14.7. The van der Waals surface area contributed by atoms with Crippen LogP contribution in [0.4, 0.5) is 0 Å². The molecular weight excluding hydrogens is 554 g/mol. The Morgan fingerprint density at radius 1 is 0.667 bits per heavy atom. The molecule has 5 heteroatoms. The van der Waals surface area contributed by atoms with Crippen molar-refractivity contribution in [2.75, 3.05) is 59.0 Å². The highest BCUT2D eigenvalue weighted by Crippen LogP contribution is 2.17. The predicted octanol–water partition coefficient (Wildman–Crippen LogP) is 10.6. The lowest BCUT2D eigenvalue weighted by Gasteiger charge is -2.35. The van der Waals surface area contributed by atoms with Crippen molar-refractivity contribution in [2.24, 2.45) is 5.92 Å². The smallest absolute Gasteiger partial charge is 0.222 e. The molecule has 1 rings (SSSR count). The molecule has 0 radical (unpaired) electrons. The minimum atomic E-state index is 0.389. The van der Waals surface area contributed by atoms with E-state index in [-0.39, 0.29) is 0 Å². The third kappa shape index (κ3) is 24.7. The zero-order chi connectivity index (χ0) is 32.8. The number of carbonyl (C=O) groups excluding carboxylic acids is 1. The Bertz CT molecular complexity index is 676. The van der Waals surface area contributed by atoms with Gasteiger partial charge in [-0.25, -0.2) is 0 Å². The van der Waals surface area contributed by atoms with Crippen LogP contribution in [-0.4, -0.2) is 79.6 Å². The molecule has 1 unspecified atom stereocenters. The summed E-state index contributed by atoms with van der Waals surface area (Å²) in [6.07, 6.45) is 29.3. The fraction of sp³-hybridized carbons (Fsp3) is 0.925. The van der Waals surface area contributed by atoms with E-state index >= 15 is 0 Å². The van der Waals surface area contributed by atoms with Gasteiger partial charge in [0, 0.05) is 39.0 Å². The Morgan fingerprint density at radius 3 is 1.80 bits per heavy atom. The van der Waals surface area contributed by atoms with E-state index in [9.17, 15) is 4.79 Å². The first-order valence-electron chi connectivity index (χ1n) is 20.0. The largest absolute Gasteiger partial charge is 0.499 e. The molecular formula is C40H79N3O2. The molecule has 45 heavy (non-hydrogen) atoms. The lowest BCUT2D eigenvalue weighted by atomic mass is 9.98. The van der Waals surface area contributed by atoms with E-state index in [0.29, 0.717) is 11.8 Å². The molecule has 1 amide bonds. The second kappa shape index (κ2) is 30.3. The molecule has 0 bridgehead atoms. The first-order valence-corrected chi connectivity index (χ1v) is 20.0. The highest BCUT2D eigenvalue weighted by Gasteiger charge is 2.22. The molecule has 1 aliphatic rings. The van der Waals surface area contributed by atoms with Crippen LogP contribution in [0.5, 0.6) is 0 Å². The van der Waals surface area contributed by atoms with E-state index in [0.717, 1.165) is 70.8 Å². The monoisotopic (exact) mass is 634 g/mol. The number of carbonyl (C=O) groups is 1. The molecule has 0 aromatic rings. The van der Waals surface area contributed by atoms with Gasteiger partial charge in [-0.2, -0.15) is 0 Å². The van der Waals surface area contributed by atoms with Crippen molar-refractivity contribution in [1.82, 2.24) is 14.7 Å². The molecule has 0 N–H and O–H groups in total. The Balaban J connectivity index is 2.25. The fourth-order valence-electron chi connectivity index (χ4n) is 6.64. The van der Waals surface area contributed by atoms with Gasteiger partial charge in [0.1, 0.15) is 0 Å². The lowest BCUT2D eigenvalue weighted by Crippen LogP contribution is -2.49. The molecule has 266 valence electrons. The SMILES string of the molecule is C=C(CCCN(CCCCCCCCC)CCCCN1CCN(C(=O)CC(C)CCCCCCCCC)CC1)OCCCCC. The van der Waals surface area contributed by atoms with E-state index in [4.69, 9.17) is 4.74 Å². The second-order valence-corrected chi connectivity index (χ2v) is 14.3. The fourth-order valence-corrected chi connectivity index (χ4v) is 6.64. The average molecular weight is 634 g/mol. The van der Waals surface area contributed by atoms with Gasteiger partial charge in [-0.1, -0.05) is 137 Å². The zero-order valence-electron chi connectivity index (χ0n) is 31.1. The highest BCUT2D eigenvalue weighted by atomic mass is 16.5. The van der Waals surface area contributed by atoms with Gasteiger partial charge in [0.25, 0.3) is 0 Å². The molecule has 1 saturated heterocycles. The van der Waals surface area contributed by atoms with Crippen LogP contribution in [-0.2, 0) is 9.53 Å². The molecule has 0 saturated carbocycles. The first-order chi connectivity index (χ1) is 22.0. The van der Waals surface area contributed by atoms with Crippen LogP contribution >= 0.6 is 0 Å². The summed E-state index contributed by atoms with van der Waals surface area (Å²) in [5.41, 5.74) is 0. The molecule has 0 aromatic heterocycles. The van der Waals surface area contributed by atoms with Crippen LogP contribution in [0, 0.1) is 5.92 Å². The number of hydrogen-bond donors (Lipinski definition) is 0. The number of nitrogens with zero attached hydrogens (tertiary/aromatic N) is 3. The minimum Gasteiger partial charge on any atom is -0.499 e. The molecule has 1 atom stereocenters. The molecule has 5 nitrogen and oxygen atoms in total. The Hall–Kier alpha value is -1.07. The summed E-state index contributed by atoms with van der Waals surface area (Å²) in [6, 6.07) is 0. The number of allylic oxidation sites excluding steroid dienone is 1. The van der Waals surface area contributed by atoms with Gasteiger partial charge in [-0.15, -0.1) is 0 Å². The standard InChI is InChI=1S/C40H79N3O2/c1-6-9-12-14-16-18-20-26-38(4)37-40(44)43-34-32-42(33-35-43)30-23-22-29-41(28-21-19-17-15-13-10-7-2)31-25-27-39(5)45-36-24-11-8-3/h38H,5-37H2,1-4H3. The summed E-state index contributed by atoms with van der Waals surface area (Å²) in [6.45, 7) is 22.8. The number of amides is 1. The van der Waals surface area contributed by atoms with Gasteiger partial charge in [0.2, 0.25) is 5.91 Å². The van der Waals surface area contributed by atoms with Crippen molar-refractivity contribution in [2.45, 2.75) is 175 Å². The summed E-state index contributed by atoms with van der Waals surface area (Å²) in [5.74, 6) is 1.88. The maximum absolute atomic E-state index is 12.9. The van der Waals surface area contributed by atoms with Crippen LogP contribution in [0.2, 0.25) is 0 Å². The second-order valence-electron chi connectivity index (χ2n) is 14.3.